The smallest absolute Gasteiger partial charge is 0.169 e. The molecule has 1 saturated heterocycles. The molecular formula is C10H11NOS. The largest absolute Gasteiger partial charge is 0.294 e. The number of hydrogen-bond donors (Lipinski definition) is 0. The van der Waals surface area contributed by atoms with Crippen LogP contribution < -0.4 is 0 Å². The van der Waals surface area contributed by atoms with Gasteiger partial charge in [-0.15, -0.1) is 0 Å². The Morgan fingerprint density at radius 1 is 1.62 bits per heavy atom. The Morgan fingerprint density at radius 2 is 2.38 bits per heavy atom. The predicted molar refractivity (Wildman–Crippen MR) is 54.1 cm³/mol. The fourth-order valence-electron chi connectivity index (χ4n) is 1.33. The molecular weight excluding hydrogens is 182 g/mol. The molecule has 0 spiro atoms. The van der Waals surface area contributed by atoms with E-state index >= 15 is 0 Å². The third-order valence-electron chi connectivity index (χ3n) is 2.31. The quantitative estimate of drug-likeness (QED) is 0.672. The Morgan fingerprint density at radius 3 is 2.92 bits per heavy atom. The zero-order valence-electron chi connectivity index (χ0n) is 7.49. The van der Waals surface area contributed by atoms with E-state index in [2.05, 4.69) is 4.98 Å². The van der Waals surface area contributed by atoms with Crippen LogP contribution in [0, 0.1) is 12.8 Å². The summed E-state index contributed by atoms with van der Waals surface area (Å²) in [6.07, 6.45) is 3.41. The Kier molecular flexibility index (Phi) is 2.36. The molecule has 1 aromatic rings. The lowest BCUT2D eigenvalue weighted by Gasteiger charge is -2.23. The highest BCUT2D eigenvalue weighted by molar-refractivity contribution is 8.00. The summed E-state index contributed by atoms with van der Waals surface area (Å²) in [7, 11) is 0. The van der Waals surface area contributed by atoms with Gasteiger partial charge < -0.3 is 0 Å². The molecule has 1 aliphatic heterocycles. The van der Waals surface area contributed by atoms with Crippen LogP contribution in [0.3, 0.4) is 0 Å². The van der Waals surface area contributed by atoms with Gasteiger partial charge in [-0.2, -0.15) is 11.8 Å². The molecule has 1 aromatic heterocycles. The lowest BCUT2D eigenvalue weighted by molar-refractivity contribution is 0.0938. The fraction of sp³-hybridized carbons (Fsp3) is 0.400. The van der Waals surface area contributed by atoms with Gasteiger partial charge in [0, 0.05) is 35.4 Å². The lowest BCUT2D eigenvalue weighted by atomic mass is 9.98. The first-order valence-electron chi connectivity index (χ1n) is 4.31. The maximum Gasteiger partial charge on any atom is 0.169 e. The number of pyridine rings is 1. The van der Waals surface area contributed by atoms with E-state index in [0.29, 0.717) is 0 Å². The molecule has 2 heterocycles. The monoisotopic (exact) mass is 193 g/mol. The van der Waals surface area contributed by atoms with E-state index in [4.69, 9.17) is 0 Å². The Bertz CT molecular complexity index is 333. The fourth-order valence-corrected chi connectivity index (χ4v) is 2.10. The Balaban J connectivity index is 2.24. The van der Waals surface area contributed by atoms with Crippen molar-refractivity contribution >= 4 is 17.5 Å². The average Bonchev–Trinajstić information content (AvgIpc) is 2.01. The van der Waals surface area contributed by atoms with Crippen LogP contribution in [0.5, 0.6) is 0 Å². The van der Waals surface area contributed by atoms with Gasteiger partial charge in [0.25, 0.3) is 0 Å². The topological polar surface area (TPSA) is 30.0 Å². The summed E-state index contributed by atoms with van der Waals surface area (Å²) >= 11 is 1.83. The van der Waals surface area contributed by atoms with Crippen molar-refractivity contribution < 1.29 is 4.79 Å². The van der Waals surface area contributed by atoms with E-state index in [-0.39, 0.29) is 11.7 Å². The van der Waals surface area contributed by atoms with Gasteiger partial charge in [-0.05, 0) is 18.6 Å². The van der Waals surface area contributed by atoms with Crippen LogP contribution in [-0.2, 0) is 0 Å². The second-order valence-corrected chi connectivity index (χ2v) is 4.36. The number of carbonyl (C=O) groups excluding carboxylic acids is 1. The summed E-state index contributed by atoms with van der Waals surface area (Å²) in [5, 5.41) is 0. The van der Waals surface area contributed by atoms with E-state index in [1.165, 1.54) is 0 Å². The van der Waals surface area contributed by atoms with E-state index in [0.717, 1.165) is 22.6 Å². The second-order valence-electron chi connectivity index (χ2n) is 3.29. The van der Waals surface area contributed by atoms with Crippen molar-refractivity contribution in [2.45, 2.75) is 6.92 Å². The number of thioether (sulfide) groups is 1. The number of carbonyl (C=O) groups is 1. The number of ketones is 1. The molecule has 1 aliphatic rings. The van der Waals surface area contributed by atoms with E-state index in [1.807, 2.05) is 24.8 Å². The highest BCUT2D eigenvalue weighted by atomic mass is 32.2. The number of nitrogens with zero attached hydrogens (tertiary/aromatic N) is 1. The molecule has 68 valence electrons. The minimum Gasteiger partial charge on any atom is -0.294 e. The zero-order chi connectivity index (χ0) is 9.26. The van der Waals surface area contributed by atoms with Crippen LogP contribution in [0.1, 0.15) is 15.9 Å². The van der Waals surface area contributed by atoms with Crippen LogP contribution in [0.2, 0.25) is 0 Å². The first-order chi connectivity index (χ1) is 6.29. The molecule has 3 heteroatoms. The molecule has 2 nitrogen and oxygen atoms in total. The normalized spacial score (nSPS) is 16.7. The van der Waals surface area contributed by atoms with Gasteiger partial charge in [-0.25, -0.2) is 0 Å². The lowest BCUT2D eigenvalue weighted by Crippen LogP contribution is -2.28. The summed E-state index contributed by atoms with van der Waals surface area (Å²) in [6.45, 7) is 1.96. The van der Waals surface area contributed by atoms with E-state index in [1.54, 1.807) is 12.4 Å². The first-order valence-corrected chi connectivity index (χ1v) is 5.47. The van der Waals surface area contributed by atoms with Crippen molar-refractivity contribution in [3.63, 3.8) is 0 Å². The molecule has 0 aliphatic carbocycles. The van der Waals surface area contributed by atoms with Crippen molar-refractivity contribution in [1.29, 1.82) is 0 Å². The maximum absolute atomic E-state index is 11.8. The van der Waals surface area contributed by atoms with Gasteiger partial charge in [0.1, 0.15) is 0 Å². The van der Waals surface area contributed by atoms with Crippen molar-refractivity contribution in [3.05, 3.63) is 29.6 Å². The Hall–Kier alpha value is -0.830. The van der Waals surface area contributed by atoms with Gasteiger partial charge in [-0.1, -0.05) is 0 Å². The van der Waals surface area contributed by atoms with Crippen LogP contribution in [-0.4, -0.2) is 22.3 Å². The minimum atomic E-state index is 0.243. The van der Waals surface area contributed by atoms with Gasteiger partial charge >= 0.3 is 0 Å². The minimum absolute atomic E-state index is 0.243. The standard InChI is InChI=1S/C10H11NOS/c1-7-2-3-11-4-9(7)10(12)8-5-13-6-8/h2-4,8H,5-6H2,1H3. The summed E-state index contributed by atoms with van der Waals surface area (Å²) in [4.78, 5) is 15.8. The zero-order valence-corrected chi connectivity index (χ0v) is 8.30. The summed E-state index contributed by atoms with van der Waals surface area (Å²) < 4.78 is 0. The number of hydrogen-bond acceptors (Lipinski definition) is 3. The highest BCUT2D eigenvalue weighted by Crippen LogP contribution is 2.28. The van der Waals surface area contributed by atoms with Crippen LogP contribution >= 0.6 is 11.8 Å². The van der Waals surface area contributed by atoms with E-state index in [9.17, 15) is 4.79 Å². The van der Waals surface area contributed by atoms with Crippen molar-refractivity contribution in [2.24, 2.45) is 5.92 Å². The van der Waals surface area contributed by atoms with Crippen LogP contribution in [0.25, 0.3) is 0 Å². The molecule has 0 N–H and O–H groups in total. The SMILES string of the molecule is Cc1ccncc1C(=O)C1CSC1. The molecule has 13 heavy (non-hydrogen) atoms. The third-order valence-corrected chi connectivity index (χ3v) is 3.59. The summed E-state index contributed by atoms with van der Waals surface area (Å²) in [6, 6.07) is 1.89. The van der Waals surface area contributed by atoms with Gasteiger partial charge in [0.2, 0.25) is 0 Å². The van der Waals surface area contributed by atoms with Gasteiger partial charge in [-0.3, -0.25) is 9.78 Å². The average molecular weight is 193 g/mol. The molecule has 0 unspecified atom stereocenters. The second kappa shape index (κ2) is 3.50. The van der Waals surface area contributed by atoms with Gasteiger partial charge in [0.05, 0.1) is 0 Å². The molecule has 0 bridgehead atoms. The maximum atomic E-state index is 11.8. The van der Waals surface area contributed by atoms with Crippen molar-refractivity contribution in [1.82, 2.24) is 4.98 Å². The highest BCUT2D eigenvalue weighted by Gasteiger charge is 2.27. The number of aryl methyl sites for hydroxylation is 1. The number of aromatic nitrogens is 1. The summed E-state index contributed by atoms with van der Waals surface area (Å²) in [5.74, 6) is 2.47. The molecule has 0 amide bonds. The molecule has 0 aromatic carbocycles. The van der Waals surface area contributed by atoms with Crippen molar-refractivity contribution in [3.8, 4) is 0 Å². The molecule has 0 atom stereocenters. The number of rotatable bonds is 2. The predicted octanol–water partition coefficient (Wildman–Crippen LogP) is 1.94. The third kappa shape index (κ3) is 1.61. The van der Waals surface area contributed by atoms with Gasteiger partial charge in [0.15, 0.2) is 5.78 Å². The molecule has 0 saturated carbocycles. The molecule has 1 fully saturated rings. The summed E-state index contributed by atoms with van der Waals surface area (Å²) in [5.41, 5.74) is 1.84. The first kappa shape index (κ1) is 8.75. The van der Waals surface area contributed by atoms with Crippen LogP contribution in [0.4, 0.5) is 0 Å². The molecule has 2 rings (SSSR count). The number of Topliss-reactive ketones (excluding diaryl/α,β-unsaturated/α-hetero) is 1. The Labute approximate surface area is 81.8 Å². The molecule has 0 radical (unpaired) electrons. The van der Waals surface area contributed by atoms with Crippen LogP contribution in [0.15, 0.2) is 18.5 Å². The van der Waals surface area contributed by atoms with Crippen molar-refractivity contribution in [2.75, 3.05) is 11.5 Å². The van der Waals surface area contributed by atoms with E-state index < -0.39 is 0 Å².